The molecule has 2 aliphatic rings. The summed E-state index contributed by atoms with van der Waals surface area (Å²) >= 11 is 0. The first-order valence-corrected chi connectivity index (χ1v) is 6.96. The molecule has 5 heteroatoms. The van der Waals surface area contributed by atoms with Crippen molar-refractivity contribution in [2.75, 3.05) is 32.7 Å². The number of hydrogen-bond acceptors (Lipinski definition) is 3. The molecule has 0 aromatic rings. The van der Waals surface area contributed by atoms with Gasteiger partial charge in [0.1, 0.15) is 0 Å². The molecule has 0 saturated carbocycles. The molecule has 1 atom stereocenters. The number of piperidine rings is 1. The Balaban J connectivity index is 1.67. The van der Waals surface area contributed by atoms with Gasteiger partial charge in [-0.3, -0.25) is 9.59 Å². The third kappa shape index (κ3) is 3.45. The Labute approximate surface area is 108 Å². The van der Waals surface area contributed by atoms with E-state index >= 15 is 0 Å². The minimum Gasteiger partial charge on any atom is -0.369 e. The molecule has 2 saturated heterocycles. The molecule has 1 unspecified atom stereocenters. The highest BCUT2D eigenvalue weighted by Gasteiger charge is 2.32. The zero-order valence-corrected chi connectivity index (χ0v) is 10.9. The van der Waals surface area contributed by atoms with Crippen molar-refractivity contribution in [2.24, 2.45) is 11.7 Å². The van der Waals surface area contributed by atoms with Crippen molar-refractivity contribution in [3.63, 3.8) is 0 Å². The maximum Gasteiger partial charge on any atom is 0.223 e. The molecule has 2 N–H and O–H groups in total. The first-order chi connectivity index (χ1) is 8.66. The van der Waals surface area contributed by atoms with Gasteiger partial charge in [-0.15, -0.1) is 0 Å². The van der Waals surface area contributed by atoms with Gasteiger partial charge in [0.05, 0.1) is 5.92 Å². The summed E-state index contributed by atoms with van der Waals surface area (Å²) in [4.78, 5) is 27.0. The molecule has 5 nitrogen and oxygen atoms in total. The Morgan fingerprint density at radius 3 is 2.56 bits per heavy atom. The molecule has 2 fully saturated rings. The molecule has 2 heterocycles. The van der Waals surface area contributed by atoms with E-state index in [1.165, 1.54) is 32.4 Å². The number of rotatable bonds is 5. The average Bonchev–Trinajstić information content (AvgIpc) is 2.73. The van der Waals surface area contributed by atoms with Gasteiger partial charge in [-0.25, -0.2) is 0 Å². The Morgan fingerprint density at radius 1 is 1.22 bits per heavy atom. The lowest BCUT2D eigenvalue weighted by atomic mass is 10.1. The minimum absolute atomic E-state index is 0.0810. The van der Waals surface area contributed by atoms with E-state index in [2.05, 4.69) is 4.90 Å². The number of carbonyl (C=O) groups is 2. The fraction of sp³-hybridized carbons (Fsp3) is 0.846. The zero-order chi connectivity index (χ0) is 13.0. The van der Waals surface area contributed by atoms with Crippen molar-refractivity contribution in [2.45, 2.75) is 32.1 Å². The molecule has 0 spiro atoms. The monoisotopic (exact) mass is 253 g/mol. The van der Waals surface area contributed by atoms with Crippen molar-refractivity contribution in [3.8, 4) is 0 Å². The van der Waals surface area contributed by atoms with Crippen molar-refractivity contribution in [3.05, 3.63) is 0 Å². The predicted molar refractivity (Wildman–Crippen MR) is 68.8 cm³/mol. The van der Waals surface area contributed by atoms with Crippen LogP contribution in [-0.4, -0.2) is 54.3 Å². The summed E-state index contributed by atoms with van der Waals surface area (Å²) in [5, 5.41) is 0. The molecular formula is C13H23N3O2. The number of likely N-dealkylation sites (tertiary alicyclic amines) is 2. The van der Waals surface area contributed by atoms with Crippen LogP contribution in [0.4, 0.5) is 0 Å². The second-order valence-corrected chi connectivity index (χ2v) is 5.40. The van der Waals surface area contributed by atoms with E-state index in [-0.39, 0.29) is 17.7 Å². The van der Waals surface area contributed by atoms with E-state index in [9.17, 15) is 9.59 Å². The number of nitrogens with zero attached hydrogens (tertiary/aromatic N) is 2. The number of primary amides is 1. The van der Waals surface area contributed by atoms with Crippen LogP contribution in [0.15, 0.2) is 0 Å². The van der Waals surface area contributed by atoms with Crippen molar-refractivity contribution in [1.29, 1.82) is 0 Å². The van der Waals surface area contributed by atoms with E-state index in [1.54, 1.807) is 4.90 Å². The molecule has 0 bridgehead atoms. The van der Waals surface area contributed by atoms with E-state index < -0.39 is 0 Å². The number of amides is 2. The highest BCUT2D eigenvalue weighted by molar-refractivity contribution is 5.88. The molecule has 2 aliphatic heterocycles. The summed E-state index contributed by atoms with van der Waals surface area (Å²) in [5.74, 6) is -0.535. The summed E-state index contributed by atoms with van der Waals surface area (Å²) in [6.07, 6.45) is 5.25. The van der Waals surface area contributed by atoms with Crippen LogP contribution in [0.5, 0.6) is 0 Å². The molecule has 0 aliphatic carbocycles. The fourth-order valence-corrected chi connectivity index (χ4v) is 2.85. The van der Waals surface area contributed by atoms with Crippen LogP contribution in [0.25, 0.3) is 0 Å². The van der Waals surface area contributed by atoms with Gasteiger partial charge >= 0.3 is 0 Å². The first-order valence-electron chi connectivity index (χ1n) is 6.96. The second kappa shape index (κ2) is 6.18. The Kier molecular flexibility index (Phi) is 4.58. The Morgan fingerprint density at radius 2 is 1.94 bits per heavy atom. The topological polar surface area (TPSA) is 66.6 Å². The third-order valence-corrected chi connectivity index (χ3v) is 3.97. The van der Waals surface area contributed by atoms with Crippen molar-refractivity contribution < 1.29 is 9.59 Å². The van der Waals surface area contributed by atoms with E-state index in [0.717, 1.165) is 19.5 Å². The summed E-state index contributed by atoms with van der Waals surface area (Å²) < 4.78 is 0. The molecular weight excluding hydrogens is 230 g/mol. The van der Waals surface area contributed by atoms with Crippen molar-refractivity contribution in [1.82, 2.24) is 9.80 Å². The average molecular weight is 253 g/mol. The third-order valence-electron chi connectivity index (χ3n) is 3.97. The Bertz CT molecular complexity index is 313. The summed E-state index contributed by atoms with van der Waals surface area (Å²) in [6, 6.07) is 0. The molecule has 2 amide bonds. The van der Waals surface area contributed by atoms with Crippen LogP contribution >= 0.6 is 0 Å². The smallest absolute Gasteiger partial charge is 0.223 e. The molecule has 18 heavy (non-hydrogen) atoms. The van der Waals surface area contributed by atoms with Gasteiger partial charge in [0.2, 0.25) is 11.8 Å². The first kappa shape index (κ1) is 13.3. The fourth-order valence-electron chi connectivity index (χ4n) is 2.85. The molecule has 2 rings (SSSR count). The normalized spacial score (nSPS) is 25.7. The van der Waals surface area contributed by atoms with Crippen LogP contribution in [0.1, 0.15) is 32.1 Å². The molecule has 102 valence electrons. The number of nitrogens with two attached hydrogens (primary N) is 1. The van der Waals surface area contributed by atoms with Crippen LogP contribution in [0, 0.1) is 5.92 Å². The van der Waals surface area contributed by atoms with E-state index in [1.807, 2.05) is 0 Å². The highest BCUT2D eigenvalue weighted by Crippen LogP contribution is 2.17. The lowest BCUT2D eigenvalue weighted by Gasteiger charge is -2.27. The number of hydrogen-bond donors (Lipinski definition) is 1. The van der Waals surface area contributed by atoms with Gasteiger partial charge in [0, 0.05) is 19.5 Å². The number of carbonyl (C=O) groups excluding carboxylic acids is 2. The maximum absolute atomic E-state index is 11.7. The van der Waals surface area contributed by atoms with E-state index in [4.69, 9.17) is 5.73 Å². The summed E-state index contributed by atoms with van der Waals surface area (Å²) in [5.41, 5.74) is 5.24. The van der Waals surface area contributed by atoms with Gasteiger partial charge in [-0.1, -0.05) is 6.42 Å². The molecule has 0 radical (unpaired) electrons. The van der Waals surface area contributed by atoms with Crippen LogP contribution in [0.3, 0.4) is 0 Å². The maximum atomic E-state index is 11.7. The van der Waals surface area contributed by atoms with Gasteiger partial charge in [0.15, 0.2) is 0 Å². The molecule has 0 aromatic carbocycles. The predicted octanol–water partition coefficient (Wildman–Crippen LogP) is 0.196. The second-order valence-electron chi connectivity index (χ2n) is 5.40. The lowest BCUT2D eigenvalue weighted by molar-refractivity contribution is -0.128. The van der Waals surface area contributed by atoms with Crippen LogP contribution < -0.4 is 5.73 Å². The SMILES string of the molecule is NC(=O)C1CC(=O)N(CCCN2CCCCC2)C1. The van der Waals surface area contributed by atoms with Gasteiger partial charge in [0.25, 0.3) is 0 Å². The summed E-state index contributed by atoms with van der Waals surface area (Å²) in [6.45, 7) is 4.73. The van der Waals surface area contributed by atoms with Crippen molar-refractivity contribution >= 4 is 11.8 Å². The van der Waals surface area contributed by atoms with Gasteiger partial charge < -0.3 is 15.5 Å². The lowest BCUT2D eigenvalue weighted by Crippen LogP contribution is -2.34. The van der Waals surface area contributed by atoms with Crippen LogP contribution in [0.2, 0.25) is 0 Å². The van der Waals surface area contributed by atoms with Crippen LogP contribution in [-0.2, 0) is 9.59 Å². The molecule has 0 aromatic heterocycles. The van der Waals surface area contributed by atoms with E-state index in [0.29, 0.717) is 13.0 Å². The van der Waals surface area contributed by atoms with Gasteiger partial charge in [-0.2, -0.15) is 0 Å². The Hall–Kier alpha value is -1.10. The zero-order valence-electron chi connectivity index (χ0n) is 10.9. The minimum atomic E-state index is -0.345. The summed E-state index contributed by atoms with van der Waals surface area (Å²) in [7, 11) is 0. The highest BCUT2D eigenvalue weighted by atomic mass is 16.2. The van der Waals surface area contributed by atoms with Gasteiger partial charge in [-0.05, 0) is 38.9 Å². The standard InChI is InChI=1S/C13H23N3O2/c14-13(18)11-9-12(17)16(10-11)8-4-7-15-5-2-1-3-6-15/h11H,1-10H2,(H2,14,18). The largest absolute Gasteiger partial charge is 0.369 e. The quantitative estimate of drug-likeness (QED) is 0.761.